The Kier molecular flexibility index (Phi) is 3.61. The minimum Gasteiger partial charge on any atom is -0.396 e. The molecule has 2 rings (SSSR count). The number of anilines is 1. The summed E-state index contributed by atoms with van der Waals surface area (Å²) in [7, 11) is -3.00. The van der Waals surface area contributed by atoms with Crippen LogP contribution < -0.4 is 5.73 Å². The Hall–Kier alpha value is -1.82. The average molecular weight is 279 g/mol. The van der Waals surface area contributed by atoms with Crippen LogP contribution in [0.3, 0.4) is 0 Å². The number of aryl methyl sites for hydroxylation is 2. The van der Waals surface area contributed by atoms with Gasteiger partial charge in [0.1, 0.15) is 15.5 Å². The Bertz CT molecular complexity index is 690. The number of sulfone groups is 1. The van der Waals surface area contributed by atoms with Gasteiger partial charge < -0.3 is 5.73 Å². The first-order valence-corrected chi connectivity index (χ1v) is 7.99. The van der Waals surface area contributed by atoms with Crippen molar-refractivity contribution >= 4 is 15.5 Å². The third-order valence-corrected chi connectivity index (χ3v) is 3.81. The SMILES string of the molecule is Cc1ccccc1-c1nn(CCS(C)(=O)=O)cc1N. The molecule has 2 N–H and O–H groups in total. The molecule has 1 heterocycles. The minimum atomic E-state index is -3.00. The molecule has 0 saturated heterocycles. The predicted molar refractivity (Wildman–Crippen MR) is 76.5 cm³/mol. The van der Waals surface area contributed by atoms with Crippen molar-refractivity contribution in [1.82, 2.24) is 9.78 Å². The first-order chi connectivity index (χ1) is 8.87. The highest BCUT2D eigenvalue weighted by molar-refractivity contribution is 7.90. The maximum Gasteiger partial charge on any atom is 0.149 e. The van der Waals surface area contributed by atoms with Crippen LogP contribution in [0.2, 0.25) is 0 Å². The Morgan fingerprint density at radius 3 is 2.63 bits per heavy atom. The van der Waals surface area contributed by atoms with Crippen molar-refractivity contribution in [3.8, 4) is 11.3 Å². The van der Waals surface area contributed by atoms with E-state index in [-0.39, 0.29) is 5.75 Å². The van der Waals surface area contributed by atoms with Crippen LogP contribution in [0, 0.1) is 6.92 Å². The first kappa shape index (κ1) is 13.6. The summed E-state index contributed by atoms with van der Waals surface area (Å²) in [5.41, 5.74) is 9.26. The van der Waals surface area contributed by atoms with Gasteiger partial charge in [-0.1, -0.05) is 24.3 Å². The molecule has 0 aliphatic heterocycles. The number of aromatic nitrogens is 2. The fraction of sp³-hybridized carbons (Fsp3) is 0.308. The maximum atomic E-state index is 11.1. The lowest BCUT2D eigenvalue weighted by Gasteiger charge is -2.03. The zero-order valence-corrected chi connectivity index (χ0v) is 11.8. The minimum absolute atomic E-state index is 0.0569. The Morgan fingerprint density at radius 1 is 1.32 bits per heavy atom. The molecule has 0 atom stereocenters. The molecule has 0 saturated carbocycles. The zero-order valence-electron chi connectivity index (χ0n) is 11.0. The molecule has 6 heteroatoms. The van der Waals surface area contributed by atoms with Crippen LogP contribution in [-0.4, -0.2) is 30.2 Å². The number of nitrogens with zero attached hydrogens (tertiary/aromatic N) is 2. The predicted octanol–water partition coefficient (Wildman–Crippen LogP) is 1.49. The highest BCUT2D eigenvalue weighted by Crippen LogP contribution is 2.26. The summed E-state index contributed by atoms with van der Waals surface area (Å²) in [4.78, 5) is 0. The third-order valence-electron chi connectivity index (χ3n) is 2.88. The molecule has 102 valence electrons. The van der Waals surface area contributed by atoms with Gasteiger partial charge in [0.2, 0.25) is 0 Å². The summed E-state index contributed by atoms with van der Waals surface area (Å²) in [6.07, 6.45) is 2.88. The Labute approximate surface area is 113 Å². The van der Waals surface area contributed by atoms with Crippen molar-refractivity contribution in [2.45, 2.75) is 13.5 Å². The molecule has 0 radical (unpaired) electrons. The lowest BCUT2D eigenvalue weighted by Crippen LogP contribution is -2.11. The molecule has 5 nitrogen and oxygen atoms in total. The lowest BCUT2D eigenvalue weighted by molar-refractivity contribution is 0.586. The van der Waals surface area contributed by atoms with Crippen molar-refractivity contribution in [2.75, 3.05) is 17.7 Å². The van der Waals surface area contributed by atoms with Gasteiger partial charge >= 0.3 is 0 Å². The van der Waals surface area contributed by atoms with Crippen LogP contribution in [0.25, 0.3) is 11.3 Å². The van der Waals surface area contributed by atoms with Crippen LogP contribution in [0.5, 0.6) is 0 Å². The van der Waals surface area contributed by atoms with Crippen LogP contribution in [0.4, 0.5) is 5.69 Å². The summed E-state index contributed by atoms with van der Waals surface area (Å²) in [5.74, 6) is 0.0569. The van der Waals surface area contributed by atoms with Crippen LogP contribution >= 0.6 is 0 Å². The summed E-state index contributed by atoms with van der Waals surface area (Å²) < 4.78 is 23.9. The monoisotopic (exact) mass is 279 g/mol. The zero-order chi connectivity index (χ0) is 14.0. The number of nitrogen functional groups attached to an aromatic ring is 1. The van der Waals surface area contributed by atoms with E-state index in [0.717, 1.165) is 11.1 Å². The Balaban J connectivity index is 2.30. The maximum absolute atomic E-state index is 11.1. The molecule has 1 aromatic carbocycles. The average Bonchev–Trinajstić information content (AvgIpc) is 2.68. The van der Waals surface area contributed by atoms with E-state index in [1.54, 1.807) is 10.9 Å². The van der Waals surface area contributed by atoms with Crippen molar-refractivity contribution in [1.29, 1.82) is 0 Å². The summed E-state index contributed by atoms with van der Waals surface area (Å²) in [6, 6.07) is 7.83. The fourth-order valence-electron chi connectivity index (χ4n) is 1.86. The molecular formula is C13H17N3O2S. The van der Waals surface area contributed by atoms with Crippen LogP contribution in [-0.2, 0) is 16.4 Å². The molecule has 2 aromatic rings. The van der Waals surface area contributed by atoms with Gasteiger partial charge in [0.05, 0.1) is 18.0 Å². The summed E-state index contributed by atoms with van der Waals surface area (Å²) in [5, 5.41) is 4.37. The Morgan fingerprint density at radius 2 is 2.00 bits per heavy atom. The van der Waals surface area contributed by atoms with Gasteiger partial charge in [-0.25, -0.2) is 8.42 Å². The van der Waals surface area contributed by atoms with E-state index in [1.807, 2.05) is 31.2 Å². The quantitative estimate of drug-likeness (QED) is 0.919. The second-order valence-corrected chi connectivity index (χ2v) is 6.90. The largest absolute Gasteiger partial charge is 0.396 e. The van der Waals surface area contributed by atoms with E-state index in [9.17, 15) is 8.42 Å². The molecule has 19 heavy (non-hydrogen) atoms. The molecule has 0 bridgehead atoms. The van der Waals surface area contributed by atoms with Gasteiger partial charge in [0.25, 0.3) is 0 Å². The van der Waals surface area contributed by atoms with Gasteiger partial charge in [-0.15, -0.1) is 0 Å². The number of hydrogen-bond donors (Lipinski definition) is 1. The summed E-state index contributed by atoms with van der Waals surface area (Å²) >= 11 is 0. The molecule has 0 unspecified atom stereocenters. The van der Waals surface area contributed by atoms with Crippen molar-refractivity contribution in [3.05, 3.63) is 36.0 Å². The van der Waals surface area contributed by atoms with E-state index in [2.05, 4.69) is 5.10 Å². The van der Waals surface area contributed by atoms with Gasteiger partial charge in [-0.2, -0.15) is 5.10 Å². The van der Waals surface area contributed by atoms with Gasteiger partial charge in [-0.3, -0.25) is 4.68 Å². The second kappa shape index (κ2) is 5.05. The van der Waals surface area contributed by atoms with E-state index in [0.29, 0.717) is 17.9 Å². The molecule has 0 spiro atoms. The number of benzene rings is 1. The standard InChI is InChI=1S/C13H17N3O2S/c1-10-5-3-4-6-11(10)13-12(14)9-16(15-13)7-8-19(2,17)18/h3-6,9H,7-8,14H2,1-2H3. The van der Waals surface area contributed by atoms with Gasteiger partial charge in [0, 0.05) is 18.0 Å². The number of hydrogen-bond acceptors (Lipinski definition) is 4. The van der Waals surface area contributed by atoms with E-state index in [1.165, 1.54) is 6.26 Å². The topological polar surface area (TPSA) is 78.0 Å². The fourth-order valence-corrected chi connectivity index (χ4v) is 2.38. The molecular weight excluding hydrogens is 262 g/mol. The summed E-state index contributed by atoms with van der Waals surface area (Å²) in [6.45, 7) is 2.30. The lowest BCUT2D eigenvalue weighted by atomic mass is 10.1. The second-order valence-electron chi connectivity index (χ2n) is 4.64. The smallest absolute Gasteiger partial charge is 0.149 e. The van der Waals surface area contributed by atoms with E-state index < -0.39 is 9.84 Å². The van der Waals surface area contributed by atoms with Crippen LogP contribution in [0.1, 0.15) is 5.56 Å². The van der Waals surface area contributed by atoms with Gasteiger partial charge in [0.15, 0.2) is 0 Å². The molecule has 1 aromatic heterocycles. The third kappa shape index (κ3) is 3.35. The molecule has 0 amide bonds. The van der Waals surface area contributed by atoms with Crippen molar-refractivity contribution in [3.63, 3.8) is 0 Å². The van der Waals surface area contributed by atoms with Crippen LogP contribution in [0.15, 0.2) is 30.5 Å². The molecule has 0 aliphatic rings. The molecule has 0 aliphatic carbocycles. The number of rotatable bonds is 4. The number of nitrogens with two attached hydrogens (primary N) is 1. The highest BCUT2D eigenvalue weighted by Gasteiger charge is 2.11. The van der Waals surface area contributed by atoms with E-state index >= 15 is 0 Å². The highest BCUT2D eigenvalue weighted by atomic mass is 32.2. The van der Waals surface area contributed by atoms with Gasteiger partial charge in [-0.05, 0) is 12.5 Å². The van der Waals surface area contributed by atoms with Crippen molar-refractivity contribution < 1.29 is 8.42 Å². The molecule has 0 fully saturated rings. The normalized spacial score (nSPS) is 11.7. The first-order valence-electron chi connectivity index (χ1n) is 5.93. The van der Waals surface area contributed by atoms with Crippen molar-refractivity contribution in [2.24, 2.45) is 0 Å². The van der Waals surface area contributed by atoms with E-state index in [4.69, 9.17) is 5.73 Å².